The summed E-state index contributed by atoms with van der Waals surface area (Å²) in [5.41, 5.74) is 6.29. The molecule has 3 N–H and O–H groups in total. The molecule has 1 fully saturated rings. The van der Waals surface area contributed by atoms with E-state index in [0.717, 1.165) is 16.9 Å². The van der Waals surface area contributed by atoms with E-state index in [9.17, 15) is 9.18 Å². The van der Waals surface area contributed by atoms with Crippen LogP contribution in [0.2, 0.25) is 0 Å². The molecule has 0 bridgehead atoms. The quantitative estimate of drug-likeness (QED) is 0.809. The molecule has 2 atom stereocenters. The third-order valence-corrected chi connectivity index (χ3v) is 4.20. The van der Waals surface area contributed by atoms with Crippen molar-refractivity contribution in [1.29, 1.82) is 0 Å². The maximum Gasteiger partial charge on any atom is 0.249 e. The fraction of sp³-hybridized carbons (Fsp3) is 0.500. The highest BCUT2D eigenvalue weighted by molar-refractivity contribution is 7.98. The summed E-state index contributed by atoms with van der Waals surface area (Å²) in [6, 6.07) is 4.59. The Kier molecular flexibility index (Phi) is 7.45. The first kappa shape index (κ1) is 18.2. The Hall–Kier alpha value is -0.820. The van der Waals surface area contributed by atoms with Crippen molar-refractivity contribution in [2.45, 2.75) is 36.5 Å². The number of ether oxygens (including phenoxy) is 1. The standard InChI is InChI=1S/C14H19FN2O2S.ClH/c1-20-13-5-2-10(15)6-9(13)8-17-14(18)12-4-3-11(7-16)19-12;/h2,5-6,11-12H,3-4,7-8,16H2,1H3,(H,17,18);1H/t11-,12+;/m1./s1. The lowest BCUT2D eigenvalue weighted by Crippen LogP contribution is -2.35. The van der Waals surface area contributed by atoms with E-state index in [1.54, 1.807) is 6.07 Å². The van der Waals surface area contributed by atoms with Gasteiger partial charge >= 0.3 is 0 Å². The average Bonchev–Trinajstić information content (AvgIpc) is 2.94. The van der Waals surface area contributed by atoms with Crippen LogP contribution in [0.1, 0.15) is 18.4 Å². The lowest BCUT2D eigenvalue weighted by Gasteiger charge is -2.14. The number of hydrogen-bond donors (Lipinski definition) is 2. The van der Waals surface area contributed by atoms with E-state index in [0.29, 0.717) is 19.5 Å². The molecule has 118 valence electrons. The molecule has 4 nitrogen and oxygen atoms in total. The fourth-order valence-electron chi connectivity index (χ4n) is 2.25. The smallest absolute Gasteiger partial charge is 0.249 e. The van der Waals surface area contributed by atoms with Crippen molar-refractivity contribution in [2.24, 2.45) is 5.73 Å². The topological polar surface area (TPSA) is 64.4 Å². The molecule has 0 aliphatic carbocycles. The molecule has 21 heavy (non-hydrogen) atoms. The number of hydrogen-bond acceptors (Lipinski definition) is 4. The lowest BCUT2D eigenvalue weighted by molar-refractivity contribution is -0.132. The van der Waals surface area contributed by atoms with Crippen LogP contribution in [0.25, 0.3) is 0 Å². The Labute approximate surface area is 134 Å². The van der Waals surface area contributed by atoms with Gasteiger partial charge in [-0.05, 0) is 42.9 Å². The zero-order chi connectivity index (χ0) is 14.5. The molecule has 0 radical (unpaired) electrons. The Morgan fingerprint density at radius 1 is 1.52 bits per heavy atom. The SMILES string of the molecule is CSc1ccc(F)cc1CNC(=O)[C@@H]1CC[C@H](CN)O1.Cl. The first-order chi connectivity index (χ1) is 9.63. The molecule has 0 aromatic heterocycles. The van der Waals surface area contributed by atoms with Gasteiger partial charge in [-0.2, -0.15) is 0 Å². The number of amides is 1. The van der Waals surface area contributed by atoms with Crippen LogP contribution < -0.4 is 11.1 Å². The summed E-state index contributed by atoms with van der Waals surface area (Å²) in [5.74, 6) is -0.454. The summed E-state index contributed by atoms with van der Waals surface area (Å²) in [5, 5.41) is 2.80. The molecular weight excluding hydrogens is 315 g/mol. The first-order valence-electron chi connectivity index (χ1n) is 6.59. The maximum atomic E-state index is 13.2. The van der Waals surface area contributed by atoms with Gasteiger partial charge in [-0.25, -0.2) is 4.39 Å². The second-order valence-electron chi connectivity index (χ2n) is 4.73. The molecule has 1 aliphatic heterocycles. The molecule has 1 aromatic rings. The summed E-state index contributed by atoms with van der Waals surface area (Å²) in [4.78, 5) is 12.9. The number of halogens is 2. The maximum absolute atomic E-state index is 13.2. The van der Waals surface area contributed by atoms with Crippen molar-refractivity contribution >= 4 is 30.1 Å². The predicted molar refractivity (Wildman–Crippen MR) is 84.2 cm³/mol. The van der Waals surface area contributed by atoms with E-state index in [-0.39, 0.29) is 30.2 Å². The summed E-state index contributed by atoms with van der Waals surface area (Å²) >= 11 is 1.53. The van der Waals surface area contributed by atoms with E-state index in [1.807, 2.05) is 6.26 Å². The monoisotopic (exact) mass is 334 g/mol. The van der Waals surface area contributed by atoms with E-state index in [1.165, 1.54) is 23.9 Å². The third kappa shape index (κ3) is 4.85. The predicted octanol–water partition coefficient (Wildman–Crippen LogP) is 2.09. The average molecular weight is 335 g/mol. The van der Waals surface area contributed by atoms with Crippen LogP contribution >= 0.6 is 24.2 Å². The molecule has 7 heteroatoms. The van der Waals surface area contributed by atoms with Crippen LogP contribution in [0.4, 0.5) is 4.39 Å². The third-order valence-electron chi connectivity index (χ3n) is 3.36. The summed E-state index contributed by atoms with van der Waals surface area (Å²) in [6.07, 6.45) is 2.96. The van der Waals surface area contributed by atoms with Gasteiger partial charge in [-0.1, -0.05) is 0 Å². The summed E-state index contributed by atoms with van der Waals surface area (Å²) in [6.45, 7) is 0.740. The molecule has 1 saturated heterocycles. The Morgan fingerprint density at radius 3 is 2.90 bits per heavy atom. The molecule has 1 aromatic carbocycles. The number of carbonyl (C=O) groups is 1. The number of benzene rings is 1. The minimum Gasteiger partial charge on any atom is -0.364 e. The van der Waals surface area contributed by atoms with Gasteiger partial charge in [0.2, 0.25) is 5.91 Å². The molecule has 1 aliphatic rings. The lowest BCUT2D eigenvalue weighted by atomic mass is 10.1. The van der Waals surface area contributed by atoms with Crippen molar-refractivity contribution in [2.75, 3.05) is 12.8 Å². The van der Waals surface area contributed by atoms with Gasteiger partial charge in [0.15, 0.2) is 0 Å². The highest BCUT2D eigenvalue weighted by atomic mass is 35.5. The van der Waals surface area contributed by atoms with Crippen LogP contribution in [-0.2, 0) is 16.1 Å². The van der Waals surface area contributed by atoms with E-state index in [4.69, 9.17) is 10.5 Å². The molecule has 0 spiro atoms. The number of carbonyl (C=O) groups excluding carboxylic acids is 1. The zero-order valence-electron chi connectivity index (χ0n) is 11.8. The number of rotatable bonds is 5. The van der Waals surface area contributed by atoms with Crippen LogP contribution in [0.5, 0.6) is 0 Å². The second kappa shape index (κ2) is 8.58. The summed E-state index contributed by atoms with van der Waals surface area (Å²) in [7, 11) is 0. The van der Waals surface area contributed by atoms with Gasteiger partial charge in [0.25, 0.3) is 0 Å². The van der Waals surface area contributed by atoms with Crippen LogP contribution in [0, 0.1) is 5.82 Å². The molecule has 0 unspecified atom stereocenters. The van der Waals surface area contributed by atoms with Gasteiger partial charge in [0.1, 0.15) is 11.9 Å². The second-order valence-corrected chi connectivity index (χ2v) is 5.58. The summed E-state index contributed by atoms with van der Waals surface area (Å²) < 4.78 is 18.8. The molecule has 1 amide bonds. The van der Waals surface area contributed by atoms with Crippen molar-refractivity contribution in [3.05, 3.63) is 29.6 Å². The van der Waals surface area contributed by atoms with Crippen LogP contribution in [0.15, 0.2) is 23.1 Å². The van der Waals surface area contributed by atoms with E-state index < -0.39 is 6.10 Å². The van der Waals surface area contributed by atoms with E-state index in [2.05, 4.69) is 5.32 Å². The molecule has 1 heterocycles. The minimum atomic E-state index is -0.435. The van der Waals surface area contributed by atoms with Gasteiger partial charge in [-0.15, -0.1) is 24.2 Å². The van der Waals surface area contributed by atoms with Gasteiger partial charge in [-0.3, -0.25) is 4.79 Å². The van der Waals surface area contributed by atoms with Crippen LogP contribution in [0.3, 0.4) is 0 Å². The van der Waals surface area contributed by atoms with Gasteiger partial charge < -0.3 is 15.8 Å². The van der Waals surface area contributed by atoms with Crippen molar-refractivity contribution in [1.82, 2.24) is 5.32 Å². The van der Waals surface area contributed by atoms with Crippen molar-refractivity contribution in [3.8, 4) is 0 Å². The molecule has 2 rings (SSSR count). The van der Waals surface area contributed by atoms with Crippen LogP contribution in [-0.4, -0.2) is 30.9 Å². The number of nitrogens with one attached hydrogen (secondary N) is 1. The zero-order valence-corrected chi connectivity index (χ0v) is 13.4. The normalized spacial score (nSPS) is 20.9. The molecular formula is C14H20ClFN2O2S. The minimum absolute atomic E-state index is 0. The highest BCUT2D eigenvalue weighted by Gasteiger charge is 2.29. The first-order valence-corrected chi connectivity index (χ1v) is 7.82. The number of thioether (sulfide) groups is 1. The Balaban J connectivity index is 0.00000220. The van der Waals surface area contributed by atoms with Gasteiger partial charge in [0.05, 0.1) is 6.10 Å². The Morgan fingerprint density at radius 2 is 2.29 bits per heavy atom. The fourth-order valence-corrected chi connectivity index (χ4v) is 2.85. The Bertz CT molecular complexity index is 490. The van der Waals surface area contributed by atoms with Gasteiger partial charge in [0, 0.05) is 18.0 Å². The molecule has 0 saturated carbocycles. The highest BCUT2D eigenvalue weighted by Crippen LogP contribution is 2.22. The van der Waals surface area contributed by atoms with E-state index >= 15 is 0 Å². The van der Waals surface area contributed by atoms with Crippen molar-refractivity contribution in [3.63, 3.8) is 0 Å². The van der Waals surface area contributed by atoms with Crippen molar-refractivity contribution < 1.29 is 13.9 Å². The largest absolute Gasteiger partial charge is 0.364 e. The number of nitrogens with two attached hydrogens (primary N) is 1.